The standard InChI is InChI=1S/C11H19N3O2/c1-3-8(2)12-6-10-13-11(14-16-10)9-4-5-15-7-9/h8-9,12H,3-7H2,1-2H3. The lowest BCUT2D eigenvalue weighted by Gasteiger charge is -2.07. The Kier molecular flexibility index (Phi) is 3.90. The molecule has 0 spiro atoms. The molecule has 0 amide bonds. The van der Waals surface area contributed by atoms with Crippen molar-refractivity contribution in [3.05, 3.63) is 11.7 Å². The molecule has 0 bridgehead atoms. The summed E-state index contributed by atoms with van der Waals surface area (Å²) >= 11 is 0. The topological polar surface area (TPSA) is 60.2 Å². The molecule has 2 unspecified atom stereocenters. The number of aromatic nitrogens is 2. The Morgan fingerprint density at radius 3 is 3.12 bits per heavy atom. The molecule has 90 valence electrons. The predicted octanol–water partition coefficient (Wildman–Crippen LogP) is 1.46. The molecule has 1 saturated heterocycles. The summed E-state index contributed by atoms with van der Waals surface area (Å²) in [6, 6.07) is 0.477. The smallest absolute Gasteiger partial charge is 0.240 e. The van der Waals surface area contributed by atoms with Crippen molar-refractivity contribution in [2.75, 3.05) is 13.2 Å². The first-order chi connectivity index (χ1) is 7.79. The maximum atomic E-state index is 5.30. The number of rotatable bonds is 5. The van der Waals surface area contributed by atoms with Crippen molar-refractivity contribution in [3.63, 3.8) is 0 Å². The molecule has 0 radical (unpaired) electrons. The zero-order valence-electron chi connectivity index (χ0n) is 9.90. The van der Waals surface area contributed by atoms with Crippen LogP contribution in [0.4, 0.5) is 0 Å². The van der Waals surface area contributed by atoms with Gasteiger partial charge in [0, 0.05) is 18.6 Å². The third-order valence-electron chi connectivity index (χ3n) is 2.99. The lowest BCUT2D eigenvalue weighted by Crippen LogP contribution is -2.24. The van der Waals surface area contributed by atoms with Crippen LogP contribution in [0.15, 0.2) is 4.52 Å². The van der Waals surface area contributed by atoms with Crippen molar-refractivity contribution < 1.29 is 9.26 Å². The largest absolute Gasteiger partial charge is 0.381 e. The van der Waals surface area contributed by atoms with Gasteiger partial charge in [0.05, 0.1) is 13.2 Å². The third-order valence-corrected chi connectivity index (χ3v) is 2.99. The van der Waals surface area contributed by atoms with E-state index in [1.54, 1.807) is 0 Å². The van der Waals surface area contributed by atoms with E-state index in [0.717, 1.165) is 31.9 Å². The summed E-state index contributed by atoms with van der Waals surface area (Å²) in [5, 5.41) is 7.32. The Morgan fingerprint density at radius 2 is 2.44 bits per heavy atom. The van der Waals surface area contributed by atoms with Gasteiger partial charge in [0.15, 0.2) is 5.82 Å². The van der Waals surface area contributed by atoms with Gasteiger partial charge in [-0.15, -0.1) is 0 Å². The molecule has 1 aliphatic rings. The second-order valence-corrected chi connectivity index (χ2v) is 4.30. The highest BCUT2D eigenvalue weighted by Crippen LogP contribution is 2.22. The van der Waals surface area contributed by atoms with E-state index in [2.05, 4.69) is 29.3 Å². The van der Waals surface area contributed by atoms with Crippen LogP contribution >= 0.6 is 0 Å². The molecule has 0 saturated carbocycles. The van der Waals surface area contributed by atoms with Gasteiger partial charge >= 0.3 is 0 Å². The van der Waals surface area contributed by atoms with Gasteiger partial charge in [0.2, 0.25) is 5.89 Å². The first-order valence-corrected chi connectivity index (χ1v) is 5.93. The van der Waals surface area contributed by atoms with Crippen molar-refractivity contribution in [3.8, 4) is 0 Å². The molecule has 0 aromatic carbocycles. The summed E-state index contributed by atoms with van der Waals surface area (Å²) in [5.74, 6) is 1.78. The van der Waals surface area contributed by atoms with Crippen molar-refractivity contribution in [1.29, 1.82) is 0 Å². The molecular weight excluding hydrogens is 206 g/mol. The fourth-order valence-corrected chi connectivity index (χ4v) is 1.65. The molecule has 1 fully saturated rings. The van der Waals surface area contributed by atoms with E-state index in [9.17, 15) is 0 Å². The predicted molar refractivity (Wildman–Crippen MR) is 59.1 cm³/mol. The number of ether oxygens (including phenoxy) is 1. The number of hydrogen-bond donors (Lipinski definition) is 1. The zero-order valence-corrected chi connectivity index (χ0v) is 9.90. The summed E-state index contributed by atoms with van der Waals surface area (Å²) in [4.78, 5) is 4.38. The molecule has 5 nitrogen and oxygen atoms in total. The molecular formula is C11H19N3O2. The SMILES string of the molecule is CCC(C)NCc1nc(C2CCOC2)no1. The molecule has 0 aliphatic carbocycles. The Balaban J connectivity index is 1.86. The lowest BCUT2D eigenvalue weighted by molar-refractivity contribution is 0.192. The second kappa shape index (κ2) is 5.41. The van der Waals surface area contributed by atoms with Crippen molar-refractivity contribution in [1.82, 2.24) is 15.5 Å². The van der Waals surface area contributed by atoms with Crippen LogP contribution in [-0.2, 0) is 11.3 Å². The fourth-order valence-electron chi connectivity index (χ4n) is 1.65. The second-order valence-electron chi connectivity index (χ2n) is 4.30. The van der Waals surface area contributed by atoms with Crippen LogP contribution < -0.4 is 5.32 Å². The van der Waals surface area contributed by atoms with E-state index in [4.69, 9.17) is 9.26 Å². The van der Waals surface area contributed by atoms with Crippen LogP contribution in [-0.4, -0.2) is 29.4 Å². The average molecular weight is 225 g/mol. The average Bonchev–Trinajstić information content (AvgIpc) is 2.95. The third kappa shape index (κ3) is 2.80. The minimum atomic E-state index is 0.320. The van der Waals surface area contributed by atoms with Crippen LogP contribution in [0.1, 0.15) is 44.3 Å². The van der Waals surface area contributed by atoms with Crippen LogP contribution in [0.5, 0.6) is 0 Å². The van der Waals surface area contributed by atoms with Crippen LogP contribution in [0.25, 0.3) is 0 Å². The van der Waals surface area contributed by atoms with Gasteiger partial charge in [-0.2, -0.15) is 4.98 Å². The summed E-state index contributed by atoms with van der Waals surface area (Å²) in [5.41, 5.74) is 0. The van der Waals surface area contributed by atoms with Crippen molar-refractivity contribution in [2.24, 2.45) is 0 Å². The number of nitrogens with zero attached hydrogens (tertiary/aromatic N) is 2. The summed E-state index contributed by atoms with van der Waals surface area (Å²) in [6.45, 7) is 6.46. The molecule has 16 heavy (non-hydrogen) atoms. The maximum Gasteiger partial charge on any atom is 0.240 e. The van der Waals surface area contributed by atoms with Crippen LogP contribution in [0.2, 0.25) is 0 Å². The first-order valence-electron chi connectivity index (χ1n) is 5.93. The number of nitrogens with one attached hydrogen (secondary N) is 1. The van der Waals surface area contributed by atoms with E-state index in [-0.39, 0.29) is 0 Å². The van der Waals surface area contributed by atoms with Gasteiger partial charge in [-0.1, -0.05) is 12.1 Å². The zero-order chi connectivity index (χ0) is 11.4. The maximum absolute atomic E-state index is 5.30. The highest BCUT2D eigenvalue weighted by molar-refractivity contribution is 4.97. The van der Waals surface area contributed by atoms with Crippen molar-refractivity contribution >= 4 is 0 Å². The monoisotopic (exact) mass is 225 g/mol. The molecule has 2 heterocycles. The lowest BCUT2D eigenvalue weighted by atomic mass is 10.1. The van der Waals surface area contributed by atoms with E-state index >= 15 is 0 Å². The van der Waals surface area contributed by atoms with Gasteiger partial charge in [0.25, 0.3) is 0 Å². The highest BCUT2D eigenvalue weighted by Gasteiger charge is 2.22. The van der Waals surface area contributed by atoms with Gasteiger partial charge in [-0.3, -0.25) is 0 Å². The fraction of sp³-hybridized carbons (Fsp3) is 0.818. The Morgan fingerprint density at radius 1 is 1.56 bits per heavy atom. The molecule has 2 atom stereocenters. The van der Waals surface area contributed by atoms with Gasteiger partial charge < -0.3 is 14.6 Å². The summed E-state index contributed by atoms with van der Waals surface area (Å²) in [6.07, 6.45) is 2.09. The first kappa shape index (κ1) is 11.5. The minimum absolute atomic E-state index is 0.320. The summed E-state index contributed by atoms with van der Waals surface area (Å²) in [7, 11) is 0. The van der Waals surface area contributed by atoms with E-state index in [0.29, 0.717) is 24.4 Å². The Labute approximate surface area is 95.6 Å². The van der Waals surface area contributed by atoms with Crippen LogP contribution in [0.3, 0.4) is 0 Å². The number of hydrogen-bond acceptors (Lipinski definition) is 5. The van der Waals surface area contributed by atoms with E-state index in [1.165, 1.54) is 0 Å². The van der Waals surface area contributed by atoms with Gasteiger partial charge in [-0.25, -0.2) is 0 Å². The molecule has 5 heteroatoms. The normalized spacial score (nSPS) is 22.5. The molecule has 1 aliphatic heterocycles. The van der Waals surface area contributed by atoms with E-state index in [1.807, 2.05) is 0 Å². The Bertz CT molecular complexity index is 321. The van der Waals surface area contributed by atoms with Gasteiger partial charge in [0.1, 0.15) is 0 Å². The summed E-state index contributed by atoms with van der Waals surface area (Å²) < 4.78 is 10.5. The van der Waals surface area contributed by atoms with Gasteiger partial charge in [-0.05, 0) is 19.8 Å². The molecule has 1 aromatic rings. The van der Waals surface area contributed by atoms with E-state index < -0.39 is 0 Å². The molecule has 1 N–H and O–H groups in total. The Hall–Kier alpha value is -0.940. The highest BCUT2D eigenvalue weighted by atomic mass is 16.5. The quantitative estimate of drug-likeness (QED) is 0.822. The minimum Gasteiger partial charge on any atom is -0.381 e. The molecule has 2 rings (SSSR count). The molecule has 1 aromatic heterocycles. The van der Waals surface area contributed by atoms with Crippen LogP contribution in [0, 0.1) is 0 Å². The van der Waals surface area contributed by atoms with Crippen molar-refractivity contribution in [2.45, 2.75) is 45.2 Å².